The van der Waals surface area contributed by atoms with Crippen molar-refractivity contribution in [3.63, 3.8) is 0 Å². The maximum absolute atomic E-state index is 12.0. The van der Waals surface area contributed by atoms with Crippen molar-refractivity contribution in [3.05, 3.63) is 0 Å². The Morgan fingerprint density at radius 2 is 0.491 bits per heavy atom. The second-order valence-corrected chi connectivity index (χ2v) is 16.4. The van der Waals surface area contributed by atoms with Gasteiger partial charge in [0, 0.05) is 25.9 Å². The topological polar surface area (TPSA) is 64.6 Å². The van der Waals surface area contributed by atoms with E-state index in [9.17, 15) is 9.59 Å². The predicted molar refractivity (Wildman–Crippen MR) is 231 cm³/mol. The first kappa shape index (κ1) is 51.9. The lowest BCUT2D eigenvalue weighted by Gasteiger charge is -2.08. The Balaban J connectivity index is 3.23. The summed E-state index contributed by atoms with van der Waals surface area (Å²) in [5, 5.41) is 3.20. The first-order valence-electron chi connectivity index (χ1n) is 24.2. The van der Waals surface area contributed by atoms with E-state index in [1.165, 1.54) is 218 Å². The van der Waals surface area contributed by atoms with Crippen molar-refractivity contribution in [2.45, 2.75) is 271 Å². The summed E-state index contributed by atoms with van der Waals surface area (Å²) < 4.78 is 10.7. The van der Waals surface area contributed by atoms with Gasteiger partial charge in [0.05, 0.1) is 0 Å². The van der Waals surface area contributed by atoms with E-state index in [1.54, 1.807) is 0 Å². The van der Waals surface area contributed by atoms with Crippen molar-refractivity contribution in [1.29, 1.82) is 0 Å². The van der Waals surface area contributed by atoms with Gasteiger partial charge in [0.1, 0.15) is 13.2 Å². The van der Waals surface area contributed by atoms with E-state index in [0.717, 1.165) is 25.7 Å². The third-order valence-corrected chi connectivity index (χ3v) is 11.1. The van der Waals surface area contributed by atoms with Gasteiger partial charge < -0.3 is 14.8 Å². The van der Waals surface area contributed by atoms with E-state index in [2.05, 4.69) is 19.2 Å². The SMILES string of the molecule is CCCCCCCCCCCCCCCCCCCCCC(=O)OCCNCCOC(=O)CCCCCCCCCCCCCCCCCCCCC. The van der Waals surface area contributed by atoms with Gasteiger partial charge in [-0.2, -0.15) is 0 Å². The van der Waals surface area contributed by atoms with Crippen molar-refractivity contribution in [1.82, 2.24) is 5.32 Å². The number of carbonyl (C=O) groups excluding carboxylic acids is 2. The molecule has 0 aliphatic heterocycles. The Labute approximate surface area is 332 Å². The van der Waals surface area contributed by atoms with Gasteiger partial charge in [-0.05, 0) is 12.8 Å². The molecule has 0 aromatic rings. The molecule has 0 aromatic heterocycles. The first-order valence-corrected chi connectivity index (χ1v) is 24.2. The number of hydrogen-bond donors (Lipinski definition) is 1. The van der Waals surface area contributed by atoms with Crippen LogP contribution in [0.1, 0.15) is 271 Å². The second-order valence-electron chi connectivity index (χ2n) is 16.4. The second kappa shape index (κ2) is 47.1. The smallest absolute Gasteiger partial charge is 0.305 e. The molecule has 0 unspecified atom stereocenters. The van der Waals surface area contributed by atoms with Crippen molar-refractivity contribution < 1.29 is 19.1 Å². The number of carbonyl (C=O) groups is 2. The van der Waals surface area contributed by atoms with Gasteiger partial charge in [-0.1, -0.05) is 245 Å². The molecule has 0 atom stereocenters. The van der Waals surface area contributed by atoms with Crippen LogP contribution >= 0.6 is 0 Å². The molecule has 0 bridgehead atoms. The van der Waals surface area contributed by atoms with E-state index in [1.807, 2.05) is 0 Å². The summed E-state index contributed by atoms with van der Waals surface area (Å²) >= 11 is 0. The highest BCUT2D eigenvalue weighted by molar-refractivity contribution is 5.69. The highest BCUT2D eigenvalue weighted by atomic mass is 16.5. The molecule has 0 amide bonds. The van der Waals surface area contributed by atoms with E-state index in [0.29, 0.717) is 39.1 Å². The molecule has 316 valence electrons. The zero-order valence-electron chi connectivity index (χ0n) is 36.2. The Morgan fingerprint density at radius 1 is 0.302 bits per heavy atom. The maximum Gasteiger partial charge on any atom is 0.305 e. The third-order valence-electron chi connectivity index (χ3n) is 11.1. The molecule has 0 heterocycles. The molecule has 0 aliphatic carbocycles. The van der Waals surface area contributed by atoms with Gasteiger partial charge in [-0.3, -0.25) is 9.59 Å². The fourth-order valence-corrected chi connectivity index (χ4v) is 7.44. The molecule has 0 saturated heterocycles. The summed E-state index contributed by atoms with van der Waals surface area (Å²) in [5.74, 6) is -0.186. The largest absolute Gasteiger partial charge is 0.464 e. The fraction of sp³-hybridized carbons (Fsp3) is 0.958. The van der Waals surface area contributed by atoms with Crippen molar-refractivity contribution in [3.8, 4) is 0 Å². The van der Waals surface area contributed by atoms with Crippen molar-refractivity contribution >= 4 is 11.9 Å². The van der Waals surface area contributed by atoms with Gasteiger partial charge in [-0.15, -0.1) is 0 Å². The molecule has 0 fully saturated rings. The van der Waals surface area contributed by atoms with Gasteiger partial charge in [-0.25, -0.2) is 0 Å². The number of unbranched alkanes of at least 4 members (excludes halogenated alkanes) is 36. The summed E-state index contributed by atoms with van der Waals surface area (Å²) in [6.45, 7) is 6.54. The zero-order chi connectivity index (χ0) is 38.4. The van der Waals surface area contributed by atoms with Crippen LogP contribution in [0.4, 0.5) is 0 Å². The molecule has 5 heteroatoms. The van der Waals surface area contributed by atoms with Crippen LogP contribution in [0, 0.1) is 0 Å². The van der Waals surface area contributed by atoms with Crippen LogP contribution in [0.3, 0.4) is 0 Å². The number of esters is 2. The van der Waals surface area contributed by atoms with E-state index < -0.39 is 0 Å². The molecule has 0 radical (unpaired) electrons. The number of nitrogens with one attached hydrogen (secondary N) is 1. The van der Waals surface area contributed by atoms with Crippen molar-refractivity contribution in [2.24, 2.45) is 0 Å². The van der Waals surface area contributed by atoms with Gasteiger partial charge in [0.15, 0.2) is 0 Å². The Hall–Kier alpha value is -1.10. The Bertz CT molecular complexity index is 656. The summed E-state index contributed by atoms with van der Waals surface area (Å²) in [6, 6.07) is 0. The molecular formula is C48H95NO4. The van der Waals surface area contributed by atoms with Crippen LogP contribution in [0.25, 0.3) is 0 Å². The quantitative estimate of drug-likeness (QED) is 0.0496. The highest BCUT2D eigenvalue weighted by Crippen LogP contribution is 2.17. The van der Waals surface area contributed by atoms with Crippen LogP contribution < -0.4 is 5.32 Å². The minimum Gasteiger partial charge on any atom is -0.464 e. The van der Waals surface area contributed by atoms with Gasteiger partial charge in [0.2, 0.25) is 0 Å². The molecule has 0 saturated carbocycles. The normalized spacial score (nSPS) is 11.4. The molecule has 1 N–H and O–H groups in total. The Morgan fingerprint density at radius 3 is 0.698 bits per heavy atom. The molecular weight excluding hydrogens is 655 g/mol. The molecule has 0 spiro atoms. The summed E-state index contributed by atoms with van der Waals surface area (Å²) in [5.41, 5.74) is 0. The molecule has 0 rings (SSSR count). The standard InChI is InChI=1S/C48H95NO4/c1-3-5-7-9-11-13-15-17-19-21-23-25-27-29-31-33-35-37-39-41-47(50)52-45-43-49-44-46-53-48(51)42-40-38-36-34-32-30-28-26-24-22-20-18-16-14-12-10-8-6-4-2/h49H,3-46H2,1-2H3. The molecule has 0 aromatic carbocycles. The molecule has 53 heavy (non-hydrogen) atoms. The maximum atomic E-state index is 12.0. The van der Waals surface area contributed by atoms with E-state index in [-0.39, 0.29) is 11.9 Å². The van der Waals surface area contributed by atoms with Crippen LogP contribution in [0.15, 0.2) is 0 Å². The molecule has 0 aliphatic rings. The number of rotatable bonds is 46. The lowest BCUT2D eigenvalue weighted by Crippen LogP contribution is -2.26. The average Bonchev–Trinajstić information content (AvgIpc) is 3.16. The average molecular weight is 750 g/mol. The minimum absolute atomic E-state index is 0.0928. The first-order chi connectivity index (χ1) is 26.2. The van der Waals surface area contributed by atoms with Crippen LogP contribution in [0.2, 0.25) is 0 Å². The van der Waals surface area contributed by atoms with Gasteiger partial charge in [0.25, 0.3) is 0 Å². The minimum atomic E-state index is -0.0928. The molecule has 5 nitrogen and oxygen atoms in total. The third kappa shape index (κ3) is 47.0. The van der Waals surface area contributed by atoms with Crippen LogP contribution in [0.5, 0.6) is 0 Å². The summed E-state index contributed by atoms with van der Waals surface area (Å²) in [4.78, 5) is 24.0. The van der Waals surface area contributed by atoms with Crippen molar-refractivity contribution in [2.75, 3.05) is 26.3 Å². The lowest BCUT2D eigenvalue weighted by molar-refractivity contribution is -0.143. The predicted octanol–water partition coefficient (Wildman–Crippen LogP) is 15.3. The fourth-order valence-electron chi connectivity index (χ4n) is 7.44. The van der Waals surface area contributed by atoms with Crippen LogP contribution in [-0.4, -0.2) is 38.2 Å². The number of ether oxygens (including phenoxy) is 2. The van der Waals surface area contributed by atoms with Gasteiger partial charge >= 0.3 is 11.9 Å². The lowest BCUT2D eigenvalue weighted by atomic mass is 10.0. The summed E-state index contributed by atoms with van der Waals surface area (Å²) in [6.07, 6.45) is 52.6. The zero-order valence-corrected chi connectivity index (χ0v) is 36.2. The monoisotopic (exact) mass is 750 g/mol. The Kier molecular flexibility index (Phi) is 46.1. The summed E-state index contributed by atoms with van der Waals surface area (Å²) in [7, 11) is 0. The van der Waals surface area contributed by atoms with E-state index in [4.69, 9.17) is 9.47 Å². The van der Waals surface area contributed by atoms with E-state index >= 15 is 0 Å². The van der Waals surface area contributed by atoms with Crippen LogP contribution in [-0.2, 0) is 19.1 Å². The highest BCUT2D eigenvalue weighted by Gasteiger charge is 2.05. The number of hydrogen-bond acceptors (Lipinski definition) is 5.